The smallest absolute Gasteiger partial charge is 0.245 e. The molecule has 3 unspecified atom stereocenters. The van der Waals surface area contributed by atoms with Crippen molar-refractivity contribution >= 4 is 40.5 Å². The number of aliphatic hydroxyl groups is 1. The van der Waals surface area contributed by atoms with Crippen LogP contribution in [0, 0.1) is 23.7 Å². The van der Waals surface area contributed by atoms with E-state index in [1.807, 2.05) is 45.0 Å². The number of aliphatic hydroxyl groups excluding tert-OH is 1. The van der Waals surface area contributed by atoms with Crippen LogP contribution in [0.1, 0.15) is 47.0 Å². The highest BCUT2D eigenvalue weighted by atomic mass is 32.2. The van der Waals surface area contributed by atoms with Gasteiger partial charge in [-0.25, -0.2) is 4.68 Å². The lowest BCUT2D eigenvalue weighted by Gasteiger charge is -2.41. The predicted molar refractivity (Wildman–Crippen MR) is 145 cm³/mol. The van der Waals surface area contributed by atoms with E-state index in [-0.39, 0.29) is 48.1 Å². The second-order valence-corrected chi connectivity index (χ2v) is 12.5. The van der Waals surface area contributed by atoms with Crippen LogP contribution in [0.15, 0.2) is 24.3 Å². The fourth-order valence-electron chi connectivity index (χ4n) is 6.88. The van der Waals surface area contributed by atoms with E-state index in [9.17, 15) is 19.5 Å². The van der Waals surface area contributed by atoms with Crippen molar-refractivity contribution in [3.8, 4) is 0 Å². The number of nitrogens with one attached hydrogen (secondary N) is 2. The molecule has 2 bridgehead atoms. The molecule has 0 radical (unpaired) electrons. The zero-order chi connectivity index (χ0) is 27.2. The van der Waals surface area contributed by atoms with Gasteiger partial charge in [0, 0.05) is 11.8 Å². The number of benzene rings is 1. The van der Waals surface area contributed by atoms with Gasteiger partial charge in [-0.3, -0.25) is 14.4 Å². The number of thioether (sulfide) groups is 1. The van der Waals surface area contributed by atoms with Gasteiger partial charge >= 0.3 is 0 Å². The Labute approximate surface area is 227 Å². The Hall–Kier alpha value is -2.66. The summed E-state index contributed by atoms with van der Waals surface area (Å²) in [6.07, 6.45) is 2.33. The Balaban J connectivity index is 1.51. The molecule has 3 saturated heterocycles. The first-order valence-corrected chi connectivity index (χ1v) is 14.6. The fraction of sp³-hybridized carbons (Fsp3) is 0.667. The van der Waals surface area contributed by atoms with Gasteiger partial charge in [0.15, 0.2) is 0 Å². The number of likely N-dealkylation sites (tertiary alicyclic amines) is 1. The van der Waals surface area contributed by atoms with E-state index in [0.717, 1.165) is 30.3 Å². The molecule has 1 spiro atoms. The normalized spacial score (nSPS) is 31.4. The third-order valence-electron chi connectivity index (χ3n) is 8.95. The monoisotopic (exact) mass is 542 g/mol. The maximum atomic E-state index is 14.3. The summed E-state index contributed by atoms with van der Waals surface area (Å²) in [6, 6.07) is 6.22. The summed E-state index contributed by atoms with van der Waals surface area (Å²) >= 11 is 1.64. The van der Waals surface area contributed by atoms with Gasteiger partial charge in [0.2, 0.25) is 17.7 Å². The Bertz CT molecular complexity index is 1220. The fourth-order valence-corrected chi connectivity index (χ4v) is 9.29. The van der Waals surface area contributed by atoms with E-state index >= 15 is 0 Å². The first-order chi connectivity index (χ1) is 18.3. The molecule has 11 heteroatoms. The Morgan fingerprint density at radius 1 is 1.24 bits per heavy atom. The summed E-state index contributed by atoms with van der Waals surface area (Å²) in [5.74, 6) is -1.60. The highest BCUT2D eigenvalue weighted by Crippen LogP contribution is 2.68. The molecule has 10 nitrogen and oxygen atoms in total. The van der Waals surface area contributed by atoms with Gasteiger partial charge < -0.3 is 20.6 Å². The highest BCUT2D eigenvalue weighted by Gasteiger charge is 2.76. The maximum absolute atomic E-state index is 14.3. The molecule has 1 aromatic carbocycles. The SMILES string of the molecule is CCCNC(=O)[C@@H]1[C@@H]2CC(C)C3(S2)C(C(=O)NCn2nnc4ccccc42)N([C@@H](CO)[C@@H](C)CC)C(=O)[C@H]13. The van der Waals surface area contributed by atoms with Crippen LogP contribution in [0.5, 0.6) is 0 Å². The number of aromatic nitrogens is 3. The number of para-hydroxylation sites is 1. The lowest BCUT2D eigenvalue weighted by atomic mass is 9.66. The van der Waals surface area contributed by atoms with E-state index < -0.39 is 28.7 Å². The van der Waals surface area contributed by atoms with Crippen molar-refractivity contribution in [2.75, 3.05) is 13.2 Å². The first kappa shape index (κ1) is 26.9. The molecule has 5 rings (SSSR count). The van der Waals surface area contributed by atoms with Gasteiger partial charge in [-0.05, 0) is 36.8 Å². The van der Waals surface area contributed by atoms with Gasteiger partial charge in [0.25, 0.3) is 0 Å². The van der Waals surface area contributed by atoms with Gasteiger partial charge in [-0.2, -0.15) is 0 Å². The lowest BCUT2D eigenvalue weighted by Crippen LogP contribution is -2.59. The quantitative estimate of drug-likeness (QED) is 0.417. The van der Waals surface area contributed by atoms with Crippen molar-refractivity contribution in [1.29, 1.82) is 0 Å². The number of rotatable bonds is 10. The van der Waals surface area contributed by atoms with Crippen LogP contribution in [0.25, 0.3) is 11.0 Å². The summed E-state index contributed by atoms with van der Waals surface area (Å²) in [4.78, 5) is 43.4. The lowest BCUT2D eigenvalue weighted by molar-refractivity contribution is -0.144. The molecule has 8 atom stereocenters. The van der Waals surface area contributed by atoms with E-state index in [4.69, 9.17) is 0 Å². The number of fused-ring (bicyclic) bond motifs is 2. The summed E-state index contributed by atoms with van der Waals surface area (Å²) in [5.41, 5.74) is 1.53. The molecule has 4 heterocycles. The molecular weight excluding hydrogens is 504 g/mol. The molecular formula is C27H38N6O4S. The van der Waals surface area contributed by atoms with Gasteiger partial charge in [-0.1, -0.05) is 51.5 Å². The zero-order valence-corrected chi connectivity index (χ0v) is 23.3. The summed E-state index contributed by atoms with van der Waals surface area (Å²) in [6.45, 7) is 8.53. The number of hydrogen-bond donors (Lipinski definition) is 3. The molecule has 1 aromatic heterocycles. The van der Waals surface area contributed by atoms with Crippen molar-refractivity contribution in [3.05, 3.63) is 24.3 Å². The van der Waals surface area contributed by atoms with Crippen LogP contribution in [-0.2, 0) is 21.1 Å². The molecule has 0 aliphatic carbocycles. The number of carbonyl (C=O) groups excluding carboxylic acids is 3. The van der Waals surface area contributed by atoms with Crippen LogP contribution in [-0.4, -0.2) is 78.0 Å². The largest absolute Gasteiger partial charge is 0.394 e. The van der Waals surface area contributed by atoms with Crippen LogP contribution in [0.3, 0.4) is 0 Å². The number of carbonyl (C=O) groups is 3. The van der Waals surface area contributed by atoms with Crippen LogP contribution < -0.4 is 10.6 Å². The van der Waals surface area contributed by atoms with Crippen molar-refractivity contribution in [3.63, 3.8) is 0 Å². The average molecular weight is 543 g/mol. The summed E-state index contributed by atoms with van der Waals surface area (Å²) < 4.78 is 0.900. The van der Waals surface area contributed by atoms with Gasteiger partial charge in [0.1, 0.15) is 18.2 Å². The van der Waals surface area contributed by atoms with Crippen molar-refractivity contribution in [2.24, 2.45) is 23.7 Å². The number of hydrogen-bond acceptors (Lipinski definition) is 7. The average Bonchev–Trinajstić information content (AvgIpc) is 3.64. The molecule has 206 valence electrons. The highest BCUT2D eigenvalue weighted by molar-refractivity contribution is 8.02. The van der Waals surface area contributed by atoms with E-state index in [2.05, 4.69) is 27.9 Å². The van der Waals surface area contributed by atoms with Crippen LogP contribution >= 0.6 is 11.8 Å². The van der Waals surface area contributed by atoms with Crippen LogP contribution in [0.4, 0.5) is 0 Å². The molecule has 2 aromatic rings. The van der Waals surface area contributed by atoms with Gasteiger partial charge in [-0.15, -0.1) is 16.9 Å². The standard InChI is InChI=1S/C27H38N6O4S/c1-5-11-28-24(35)21-20-12-16(4)27(38-20)22(21)26(37)33(19(13-34)15(3)6-2)23(27)25(36)29-14-32-18-10-8-7-9-17(18)30-31-32/h7-10,15-16,19-23,34H,5-6,11-14H2,1-4H3,(H,28,35)(H,29,36)/t15-,16?,19-,20-,21+,22-,23?,27?/m0/s1. The molecule has 3 aliphatic rings. The minimum absolute atomic E-state index is 0.0105. The second kappa shape index (κ2) is 10.5. The Morgan fingerprint density at radius 3 is 2.71 bits per heavy atom. The Kier molecular flexibility index (Phi) is 7.43. The summed E-state index contributed by atoms with van der Waals surface area (Å²) in [7, 11) is 0. The third kappa shape index (κ3) is 4.00. The molecule has 3 amide bonds. The van der Waals surface area contributed by atoms with Crippen LogP contribution in [0.2, 0.25) is 0 Å². The summed E-state index contributed by atoms with van der Waals surface area (Å²) in [5, 5.41) is 24.8. The zero-order valence-electron chi connectivity index (χ0n) is 22.5. The van der Waals surface area contributed by atoms with E-state index in [1.165, 1.54) is 0 Å². The topological polar surface area (TPSA) is 129 Å². The molecule has 3 aliphatic heterocycles. The minimum Gasteiger partial charge on any atom is -0.394 e. The molecule has 3 fully saturated rings. The third-order valence-corrected chi connectivity index (χ3v) is 11.0. The van der Waals surface area contributed by atoms with E-state index in [0.29, 0.717) is 6.54 Å². The predicted octanol–water partition coefficient (Wildman–Crippen LogP) is 1.78. The van der Waals surface area contributed by atoms with Crippen molar-refractivity contribution in [1.82, 2.24) is 30.5 Å². The Morgan fingerprint density at radius 2 is 2.00 bits per heavy atom. The number of amides is 3. The minimum atomic E-state index is -0.796. The van der Waals surface area contributed by atoms with Gasteiger partial charge in [0.05, 0.1) is 34.7 Å². The second-order valence-electron chi connectivity index (χ2n) is 11.0. The van der Waals surface area contributed by atoms with Crippen molar-refractivity contribution < 1.29 is 19.5 Å². The maximum Gasteiger partial charge on any atom is 0.245 e. The van der Waals surface area contributed by atoms with E-state index in [1.54, 1.807) is 21.3 Å². The molecule has 0 saturated carbocycles. The molecule has 38 heavy (non-hydrogen) atoms. The first-order valence-electron chi connectivity index (χ1n) is 13.7. The van der Waals surface area contributed by atoms with Crippen molar-refractivity contribution in [2.45, 2.75) is 75.7 Å². The molecule has 3 N–H and O–H groups in total. The number of nitrogens with zero attached hydrogens (tertiary/aromatic N) is 4.